The zero-order chi connectivity index (χ0) is 28.1. The van der Waals surface area contributed by atoms with Crippen LogP contribution < -0.4 is 20.1 Å². The van der Waals surface area contributed by atoms with E-state index in [1.807, 2.05) is 0 Å². The van der Waals surface area contributed by atoms with Gasteiger partial charge >= 0.3 is 0 Å². The molecular formula is C26H19ClF2N6O3S2. The van der Waals surface area contributed by atoms with E-state index < -0.39 is 11.7 Å². The zero-order valence-corrected chi connectivity index (χ0v) is 23.0. The number of hydrogen-bond donors (Lipinski definition) is 2. The molecule has 0 aliphatic rings. The molecule has 9 nitrogen and oxygen atoms in total. The lowest BCUT2D eigenvalue weighted by atomic mass is 10.2. The fraction of sp³-hybridized carbons (Fsp3) is 0.115. The van der Waals surface area contributed by atoms with Crippen molar-refractivity contribution in [2.75, 3.05) is 24.4 Å². The van der Waals surface area contributed by atoms with Crippen LogP contribution in [0.1, 0.15) is 5.56 Å². The first-order valence-electron chi connectivity index (χ1n) is 11.6. The first kappa shape index (κ1) is 27.5. The number of nitrogens with one attached hydrogen (secondary N) is 2. The van der Waals surface area contributed by atoms with Gasteiger partial charge in [0.1, 0.15) is 23.8 Å². The number of carbonyl (C=O) groups is 1. The van der Waals surface area contributed by atoms with Crippen LogP contribution in [0.15, 0.2) is 65.3 Å². The summed E-state index contributed by atoms with van der Waals surface area (Å²) in [6, 6.07) is 13.7. The lowest BCUT2D eigenvalue weighted by molar-refractivity contribution is -0.118. The Morgan fingerprint density at radius 1 is 1.05 bits per heavy atom. The Morgan fingerprint density at radius 3 is 2.65 bits per heavy atom. The lowest BCUT2D eigenvalue weighted by Gasteiger charge is -2.14. The van der Waals surface area contributed by atoms with E-state index in [0.29, 0.717) is 43.4 Å². The third kappa shape index (κ3) is 6.73. The molecule has 204 valence electrons. The van der Waals surface area contributed by atoms with Crippen LogP contribution in [0.5, 0.6) is 11.5 Å². The summed E-state index contributed by atoms with van der Waals surface area (Å²) < 4.78 is 38.5. The average molecular weight is 601 g/mol. The van der Waals surface area contributed by atoms with Gasteiger partial charge in [0, 0.05) is 22.9 Å². The predicted octanol–water partition coefficient (Wildman–Crippen LogP) is 6.47. The van der Waals surface area contributed by atoms with E-state index in [-0.39, 0.29) is 23.2 Å². The van der Waals surface area contributed by atoms with Gasteiger partial charge in [0.25, 0.3) is 5.91 Å². The second-order valence-electron chi connectivity index (χ2n) is 8.12. The number of hydrogen-bond acceptors (Lipinski definition) is 10. The van der Waals surface area contributed by atoms with Crippen LogP contribution in [-0.2, 0) is 10.5 Å². The van der Waals surface area contributed by atoms with E-state index in [4.69, 9.17) is 21.1 Å². The largest absolute Gasteiger partial charge is 0.493 e. The fourth-order valence-corrected chi connectivity index (χ4v) is 5.39. The smallest absolute Gasteiger partial charge is 0.264 e. The molecule has 2 heterocycles. The number of aromatic nitrogens is 4. The number of methoxy groups -OCH3 is 1. The number of carbonyl (C=O) groups excluding carboxylic acids is 1. The maximum atomic E-state index is 13.6. The van der Waals surface area contributed by atoms with Crippen molar-refractivity contribution in [1.29, 1.82) is 0 Å². The van der Waals surface area contributed by atoms with Gasteiger partial charge in [0.05, 0.1) is 17.6 Å². The summed E-state index contributed by atoms with van der Waals surface area (Å²) in [7, 11) is 1.47. The number of anilines is 3. The summed E-state index contributed by atoms with van der Waals surface area (Å²) >= 11 is 8.54. The van der Waals surface area contributed by atoms with Gasteiger partial charge in [-0.1, -0.05) is 46.8 Å². The van der Waals surface area contributed by atoms with E-state index in [0.717, 1.165) is 5.56 Å². The summed E-state index contributed by atoms with van der Waals surface area (Å²) in [6.07, 6.45) is 1.37. The first-order valence-corrected chi connectivity index (χ1v) is 13.7. The summed E-state index contributed by atoms with van der Waals surface area (Å²) in [6.45, 7) is -0.330. The third-order valence-electron chi connectivity index (χ3n) is 5.39. The number of ether oxygens (including phenoxy) is 2. The molecule has 2 aromatic heterocycles. The molecule has 14 heteroatoms. The van der Waals surface area contributed by atoms with E-state index in [2.05, 4.69) is 30.8 Å². The maximum absolute atomic E-state index is 13.6. The fourth-order valence-electron chi connectivity index (χ4n) is 3.49. The molecular weight excluding hydrogens is 582 g/mol. The second kappa shape index (κ2) is 12.4. The Kier molecular flexibility index (Phi) is 8.53. The Labute approximate surface area is 239 Å². The average Bonchev–Trinajstić information content (AvgIpc) is 3.40. The van der Waals surface area contributed by atoms with Crippen molar-refractivity contribution in [3.8, 4) is 11.5 Å². The normalized spacial score (nSPS) is 10.9. The number of benzene rings is 3. The molecule has 0 saturated carbocycles. The lowest BCUT2D eigenvalue weighted by Crippen LogP contribution is -2.20. The minimum absolute atomic E-state index is 0.0333. The molecule has 0 atom stereocenters. The molecule has 0 aliphatic heterocycles. The molecule has 5 aromatic rings. The monoisotopic (exact) mass is 600 g/mol. The number of nitrogens with zero attached hydrogens (tertiary/aromatic N) is 4. The topological polar surface area (TPSA) is 111 Å². The van der Waals surface area contributed by atoms with E-state index in [1.165, 1.54) is 66.9 Å². The van der Waals surface area contributed by atoms with Gasteiger partial charge in [-0.15, -0.1) is 10.2 Å². The minimum atomic E-state index is -0.535. The van der Waals surface area contributed by atoms with Crippen LogP contribution in [0, 0.1) is 11.6 Å². The van der Waals surface area contributed by atoms with Crippen LogP contribution in [0.2, 0.25) is 5.02 Å². The minimum Gasteiger partial charge on any atom is -0.493 e. The number of fused-ring (bicyclic) bond motifs is 1. The van der Waals surface area contributed by atoms with Gasteiger partial charge in [-0.2, -0.15) is 0 Å². The standard InChI is InChI=1S/C26H19ClF2N6O3S2/c1-37-21-10-20-17(24(31-13-30-20)32-16-6-7-19(29)18(27)8-16)9-22(21)38-11-23(36)33-25-34-35-26(40-25)39-12-14-2-4-15(28)5-3-14/h2-10,13H,11-12H2,1H3,(H,30,31,32)(H,33,34,36). The zero-order valence-electron chi connectivity index (χ0n) is 20.7. The molecule has 5 rings (SSSR count). The number of rotatable bonds is 10. The summed E-state index contributed by atoms with van der Waals surface area (Å²) in [5.74, 6) is 0.382. The summed E-state index contributed by atoms with van der Waals surface area (Å²) in [5.41, 5.74) is 2.02. The van der Waals surface area contributed by atoms with Crippen molar-refractivity contribution >= 4 is 68.1 Å². The van der Waals surface area contributed by atoms with Gasteiger partial charge in [-0.05, 0) is 42.0 Å². The van der Waals surface area contributed by atoms with Gasteiger partial charge < -0.3 is 14.8 Å². The van der Waals surface area contributed by atoms with Gasteiger partial charge in [0.2, 0.25) is 5.13 Å². The number of amides is 1. The molecule has 0 spiro atoms. The van der Waals surface area contributed by atoms with Crippen molar-refractivity contribution in [3.05, 3.63) is 83.1 Å². The molecule has 0 unspecified atom stereocenters. The van der Waals surface area contributed by atoms with Crippen molar-refractivity contribution in [1.82, 2.24) is 20.2 Å². The SMILES string of the molecule is COc1cc2ncnc(Nc3ccc(F)c(Cl)c3)c2cc1OCC(=O)Nc1nnc(SCc2ccc(F)cc2)s1. The Balaban J connectivity index is 1.24. The molecule has 0 saturated heterocycles. The van der Waals surface area contributed by atoms with Gasteiger partial charge in [-0.25, -0.2) is 18.7 Å². The summed E-state index contributed by atoms with van der Waals surface area (Å²) in [5, 5.41) is 14.7. The third-order valence-corrected chi connectivity index (χ3v) is 7.72. The van der Waals surface area contributed by atoms with Crippen LogP contribution in [0.25, 0.3) is 10.9 Å². The second-order valence-corrected chi connectivity index (χ2v) is 10.7. The number of halogens is 3. The molecule has 3 aromatic carbocycles. The van der Waals surface area contributed by atoms with Crippen molar-refractivity contribution in [2.24, 2.45) is 0 Å². The van der Waals surface area contributed by atoms with Crippen LogP contribution in [0.3, 0.4) is 0 Å². The van der Waals surface area contributed by atoms with E-state index in [1.54, 1.807) is 24.3 Å². The van der Waals surface area contributed by atoms with E-state index in [9.17, 15) is 13.6 Å². The highest BCUT2D eigenvalue weighted by atomic mass is 35.5. The molecule has 1 amide bonds. The predicted molar refractivity (Wildman–Crippen MR) is 151 cm³/mol. The summed E-state index contributed by atoms with van der Waals surface area (Å²) in [4.78, 5) is 21.1. The van der Waals surface area contributed by atoms with Gasteiger partial charge in [0.15, 0.2) is 22.4 Å². The molecule has 0 aliphatic carbocycles. The van der Waals surface area contributed by atoms with Crippen molar-refractivity contribution < 1.29 is 23.0 Å². The van der Waals surface area contributed by atoms with E-state index >= 15 is 0 Å². The molecule has 40 heavy (non-hydrogen) atoms. The molecule has 2 N–H and O–H groups in total. The molecule has 0 radical (unpaired) electrons. The Morgan fingerprint density at radius 2 is 1.88 bits per heavy atom. The van der Waals surface area contributed by atoms with Crippen molar-refractivity contribution in [2.45, 2.75) is 10.1 Å². The maximum Gasteiger partial charge on any atom is 0.264 e. The van der Waals surface area contributed by atoms with Gasteiger partial charge in [-0.3, -0.25) is 10.1 Å². The number of thioether (sulfide) groups is 1. The Hall–Kier alpha value is -4.07. The molecule has 0 fully saturated rings. The van der Waals surface area contributed by atoms with Crippen LogP contribution in [-0.4, -0.2) is 39.8 Å². The highest BCUT2D eigenvalue weighted by molar-refractivity contribution is 8.00. The quantitative estimate of drug-likeness (QED) is 0.137. The van der Waals surface area contributed by atoms with Crippen molar-refractivity contribution in [3.63, 3.8) is 0 Å². The molecule has 0 bridgehead atoms. The van der Waals surface area contributed by atoms with Crippen LogP contribution >= 0.6 is 34.7 Å². The van der Waals surface area contributed by atoms with Crippen LogP contribution in [0.4, 0.5) is 25.4 Å². The highest BCUT2D eigenvalue weighted by Gasteiger charge is 2.15. The highest BCUT2D eigenvalue weighted by Crippen LogP contribution is 2.35. The Bertz CT molecular complexity index is 1670. The first-order chi connectivity index (χ1) is 19.4.